The summed E-state index contributed by atoms with van der Waals surface area (Å²) >= 11 is 0. The average molecular weight is 385 g/mol. The van der Waals surface area contributed by atoms with Crippen LogP contribution in [0, 0.1) is 11.3 Å². The molecule has 0 atom stereocenters. The molecule has 28 heavy (non-hydrogen) atoms. The first-order chi connectivity index (χ1) is 13.5. The molecule has 4 rings (SSSR count). The molecule has 2 heterocycles. The zero-order chi connectivity index (χ0) is 19.6. The van der Waals surface area contributed by atoms with Gasteiger partial charge in [-0.05, 0) is 75.9 Å². The maximum atomic E-state index is 12.8. The van der Waals surface area contributed by atoms with Crippen LogP contribution in [0.1, 0.15) is 56.9 Å². The van der Waals surface area contributed by atoms with E-state index in [9.17, 15) is 4.79 Å². The smallest absolute Gasteiger partial charge is 0.223 e. The van der Waals surface area contributed by atoms with Crippen LogP contribution in [0.4, 0.5) is 0 Å². The van der Waals surface area contributed by atoms with E-state index >= 15 is 0 Å². The Balaban J connectivity index is 1.39. The highest BCUT2D eigenvalue weighted by Gasteiger charge is 2.50. The second-order valence-electron chi connectivity index (χ2n) is 9.63. The fourth-order valence-corrected chi connectivity index (χ4v) is 5.83. The van der Waals surface area contributed by atoms with Gasteiger partial charge in [0.15, 0.2) is 0 Å². The molecule has 2 saturated heterocycles. The lowest BCUT2D eigenvalue weighted by molar-refractivity contribution is -0.128. The highest BCUT2D eigenvalue weighted by Crippen LogP contribution is 2.52. The quantitative estimate of drug-likeness (QED) is 0.768. The molecule has 1 aromatic carbocycles. The van der Waals surface area contributed by atoms with Gasteiger partial charge in [-0.25, -0.2) is 0 Å². The van der Waals surface area contributed by atoms with Crippen molar-refractivity contribution >= 4 is 5.91 Å². The number of ether oxygens (including phenoxy) is 1. The predicted octanol–water partition coefficient (Wildman–Crippen LogP) is 4.05. The summed E-state index contributed by atoms with van der Waals surface area (Å²) in [6, 6.07) is 11.0. The van der Waals surface area contributed by atoms with E-state index < -0.39 is 0 Å². The second kappa shape index (κ2) is 8.16. The molecule has 4 nitrogen and oxygen atoms in total. The molecule has 1 saturated carbocycles. The lowest BCUT2D eigenvalue weighted by Crippen LogP contribution is -2.47. The Morgan fingerprint density at radius 3 is 2.39 bits per heavy atom. The SMILES string of the molecule is CN(C)C1(c2ccccc2)CCC2(CC1)CC(=O)N(CCC1CCOCC1)C2. The van der Waals surface area contributed by atoms with Gasteiger partial charge in [0.25, 0.3) is 0 Å². The first kappa shape index (κ1) is 19.9. The van der Waals surface area contributed by atoms with Crippen molar-refractivity contribution in [3.8, 4) is 0 Å². The Morgan fingerprint density at radius 1 is 1.07 bits per heavy atom. The molecule has 0 bridgehead atoms. The summed E-state index contributed by atoms with van der Waals surface area (Å²) in [5.41, 5.74) is 1.75. The van der Waals surface area contributed by atoms with Crippen molar-refractivity contribution in [3.63, 3.8) is 0 Å². The Bertz CT molecular complexity index is 658. The van der Waals surface area contributed by atoms with Gasteiger partial charge in [-0.1, -0.05) is 30.3 Å². The van der Waals surface area contributed by atoms with Gasteiger partial charge in [-0.2, -0.15) is 0 Å². The number of nitrogens with zero attached hydrogens (tertiary/aromatic N) is 2. The molecule has 4 heteroatoms. The van der Waals surface area contributed by atoms with E-state index in [1.807, 2.05) is 0 Å². The Morgan fingerprint density at radius 2 is 1.75 bits per heavy atom. The van der Waals surface area contributed by atoms with Gasteiger partial charge in [-0.15, -0.1) is 0 Å². The van der Waals surface area contributed by atoms with Crippen LogP contribution in [-0.2, 0) is 15.1 Å². The molecule has 1 spiro atoms. The van der Waals surface area contributed by atoms with Crippen molar-refractivity contribution < 1.29 is 9.53 Å². The minimum Gasteiger partial charge on any atom is -0.381 e. The average Bonchev–Trinajstić information content (AvgIpc) is 3.03. The maximum Gasteiger partial charge on any atom is 0.223 e. The number of carbonyl (C=O) groups is 1. The summed E-state index contributed by atoms with van der Waals surface area (Å²) in [7, 11) is 4.43. The summed E-state index contributed by atoms with van der Waals surface area (Å²) in [6.45, 7) is 3.72. The maximum absolute atomic E-state index is 12.8. The Labute approximate surface area is 170 Å². The highest BCUT2D eigenvalue weighted by atomic mass is 16.5. The van der Waals surface area contributed by atoms with Crippen molar-refractivity contribution in [1.82, 2.24) is 9.80 Å². The topological polar surface area (TPSA) is 32.8 Å². The number of likely N-dealkylation sites (tertiary alicyclic amines) is 1. The van der Waals surface area contributed by atoms with Crippen LogP contribution in [0.15, 0.2) is 30.3 Å². The van der Waals surface area contributed by atoms with E-state index in [1.165, 1.54) is 5.56 Å². The number of rotatable bonds is 5. The van der Waals surface area contributed by atoms with Gasteiger partial charge < -0.3 is 9.64 Å². The zero-order valence-corrected chi connectivity index (χ0v) is 17.7. The van der Waals surface area contributed by atoms with E-state index in [1.54, 1.807) is 0 Å². The molecule has 3 fully saturated rings. The van der Waals surface area contributed by atoms with Crippen molar-refractivity contribution in [2.75, 3.05) is 40.4 Å². The standard InChI is InChI=1S/C24H36N2O2/c1-25(2)24(21-6-4-3-5-7-21)13-11-23(12-14-24)18-22(27)26(19-23)15-8-20-9-16-28-17-10-20/h3-7,20H,8-19H2,1-2H3. The summed E-state index contributed by atoms with van der Waals surface area (Å²) in [4.78, 5) is 17.4. The van der Waals surface area contributed by atoms with Gasteiger partial charge in [-0.3, -0.25) is 9.69 Å². The van der Waals surface area contributed by atoms with Gasteiger partial charge in [0.05, 0.1) is 0 Å². The lowest BCUT2D eigenvalue weighted by Gasteiger charge is -2.49. The van der Waals surface area contributed by atoms with Crippen LogP contribution in [0.5, 0.6) is 0 Å². The van der Waals surface area contributed by atoms with E-state index in [0.717, 1.165) is 83.6 Å². The van der Waals surface area contributed by atoms with E-state index in [2.05, 4.69) is 54.2 Å². The summed E-state index contributed by atoms with van der Waals surface area (Å²) in [5.74, 6) is 1.13. The third kappa shape index (κ3) is 3.86. The Hall–Kier alpha value is -1.39. The Kier molecular flexibility index (Phi) is 5.80. The number of hydrogen-bond donors (Lipinski definition) is 0. The molecule has 0 radical (unpaired) electrons. The van der Waals surface area contributed by atoms with Gasteiger partial charge in [0.1, 0.15) is 0 Å². The highest BCUT2D eigenvalue weighted by molar-refractivity contribution is 5.79. The van der Waals surface area contributed by atoms with Gasteiger partial charge in [0, 0.05) is 38.3 Å². The van der Waals surface area contributed by atoms with Crippen LogP contribution in [-0.4, -0.2) is 56.1 Å². The number of amides is 1. The number of carbonyl (C=O) groups excluding carboxylic acids is 1. The molecule has 1 aromatic rings. The fourth-order valence-electron chi connectivity index (χ4n) is 5.83. The zero-order valence-electron chi connectivity index (χ0n) is 17.7. The summed E-state index contributed by atoms with van der Waals surface area (Å²) in [5, 5.41) is 0. The van der Waals surface area contributed by atoms with Crippen molar-refractivity contribution in [3.05, 3.63) is 35.9 Å². The van der Waals surface area contributed by atoms with E-state index in [-0.39, 0.29) is 11.0 Å². The molecule has 0 N–H and O–H groups in total. The third-order valence-corrected chi connectivity index (χ3v) is 7.86. The van der Waals surface area contributed by atoms with Crippen molar-refractivity contribution in [2.24, 2.45) is 11.3 Å². The summed E-state index contributed by atoms with van der Waals surface area (Å²) in [6.07, 6.45) is 8.83. The number of hydrogen-bond acceptors (Lipinski definition) is 3. The third-order valence-electron chi connectivity index (χ3n) is 7.86. The van der Waals surface area contributed by atoms with Crippen molar-refractivity contribution in [2.45, 2.75) is 56.9 Å². The van der Waals surface area contributed by atoms with Gasteiger partial charge >= 0.3 is 0 Å². The van der Waals surface area contributed by atoms with Crippen LogP contribution in [0.25, 0.3) is 0 Å². The van der Waals surface area contributed by atoms with Crippen LogP contribution >= 0.6 is 0 Å². The molecule has 1 amide bonds. The van der Waals surface area contributed by atoms with Crippen LogP contribution < -0.4 is 0 Å². The summed E-state index contributed by atoms with van der Waals surface area (Å²) < 4.78 is 5.47. The van der Waals surface area contributed by atoms with E-state index in [0.29, 0.717) is 5.91 Å². The van der Waals surface area contributed by atoms with Crippen LogP contribution in [0.2, 0.25) is 0 Å². The molecule has 154 valence electrons. The predicted molar refractivity (Wildman–Crippen MR) is 112 cm³/mol. The number of benzene rings is 1. The normalized spacial score (nSPS) is 31.8. The molecule has 3 aliphatic rings. The minimum absolute atomic E-state index is 0.116. The molecule has 2 aliphatic heterocycles. The van der Waals surface area contributed by atoms with E-state index in [4.69, 9.17) is 4.74 Å². The first-order valence-corrected chi connectivity index (χ1v) is 11.1. The lowest BCUT2D eigenvalue weighted by atomic mass is 9.64. The minimum atomic E-state index is 0.116. The fraction of sp³-hybridized carbons (Fsp3) is 0.708. The molecule has 0 aromatic heterocycles. The monoisotopic (exact) mass is 384 g/mol. The van der Waals surface area contributed by atoms with Gasteiger partial charge in [0.2, 0.25) is 5.91 Å². The van der Waals surface area contributed by atoms with Crippen LogP contribution in [0.3, 0.4) is 0 Å². The molecular formula is C24H36N2O2. The molecular weight excluding hydrogens is 348 g/mol. The first-order valence-electron chi connectivity index (χ1n) is 11.1. The van der Waals surface area contributed by atoms with Crippen molar-refractivity contribution in [1.29, 1.82) is 0 Å². The molecule has 1 aliphatic carbocycles. The molecule has 0 unspecified atom stereocenters. The second-order valence-corrected chi connectivity index (χ2v) is 9.63. The largest absolute Gasteiger partial charge is 0.381 e.